The number of aliphatic hydroxyl groups excluding tert-OH is 1. The van der Waals surface area contributed by atoms with Crippen molar-refractivity contribution in [3.63, 3.8) is 0 Å². The van der Waals surface area contributed by atoms with Crippen LogP contribution in [0.25, 0.3) is 10.4 Å². The summed E-state index contributed by atoms with van der Waals surface area (Å²) in [5, 5.41) is 13.0. The van der Waals surface area contributed by atoms with Crippen LogP contribution in [0, 0.1) is 6.92 Å². The number of azide groups is 1. The molecule has 11 heteroatoms. The van der Waals surface area contributed by atoms with Gasteiger partial charge in [0.2, 0.25) is 5.90 Å². The third kappa shape index (κ3) is 7.53. The number of aryl methyl sites for hydroxylation is 1. The van der Waals surface area contributed by atoms with Crippen molar-refractivity contribution < 1.29 is 19.4 Å². The fourth-order valence-corrected chi connectivity index (χ4v) is 5.69. The lowest BCUT2D eigenvalue weighted by atomic mass is 9.81. The Kier molecular flexibility index (Phi) is 10.5. The third-order valence-electron chi connectivity index (χ3n) is 7.40. The van der Waals surface area contributed by atoms with Crippen LogP contribution >= 0.6 is 15.9 Å². The maximum absolute atomic E-state index is 14.5. The van der Waals surface area contributed by atoms with Gasteiger partial charge in [0.05, 0.1) is 6.61 Å². The van der Waals surface area contributed by atoms with Gasteiger partial charge in [0.15, 0.2) is 11.6 Å². The number of benzene rings is 4. The number of hydrogen-bond donors (Lipinski definition) is 3. The lowest BCUT2D eigenvalue weighted by molar-refractivity contribution is -0.130. The molecule has 4 aromatic rings. The minimum absolute atomic E-state index is 0.0476. The highest BCUT2D eigenvalue weighted by Crippen LogP contribution is 2.45. The summed E-state index contributed by atoms with van der Waals surface area (Å²) in [6.45, 7) is 2.85. The normalized spacial score (nSPS) is 17.1. The van der Waals surface area contributed by atoms with Crippen molar-refractivity contribution in [2.45, 2.75) is 38.0 Å². The van der Waals surface area contributed by atoms with Crippen LogP contribution in [0.5, 0.6) is 5.75 Å². The van der Waals surface area contributed by atoms with Gasteiger partial charge < -0.3 is 14.6 Å². The smallest absolute Gasteiger partial charge is 0.266 e. The first-order valence-corrected chi connectivity index (χ1v) is 15.3. The van der Waals surface area contributed by atoms with E-state index in [-0.39, 0.29) is 18.9 Å². The number of carbonyl (C=O) groups excluding carboxylic acids is 1. The molecule has 45 heavy (non-hydrogen) atoms. The second-order valence-electron chi connectivity index (χ2n) is 10.6. The predicted octanol–water partition coefficient (Wildman–Crippen LogP) is 6.78. The van der Waals surface area contributed by atoms with E-state index in [9.17, 15) is 10.3 Å². The number of rotatable bonds is 13. The lowest BCUT2D eigenvalue weighted by Gasteiger charge is -2.31. The molecule has 4 aromatic carbocycles. The van der Waals surface area contributed by atoms with E-state index < -0.39 is 17.6 Å². The minimum Gasteiger partial charge on any atom is -0.494 e. The number of hydrogen-bond acceptors (Lipinski definition) is 7. The number of nitrogens with one attached hydrogen (secondary N) is 2. The third-order valence-corrected chi connectivity index (χ3v) is 8.12. The summed E-state index contributed by atoms with van der Waals surface area (Å²) in [5.74, 6) is 0.513. The fraction of sp³-hybridized carbons (Fsp3) is 0.235. The van der Waals surface area contributed by atoms with E-state index in [0.717, 1.165) is 21.2 Å². The summed E-state index contributed by atoms with van der Waals surface area (Å²) in [7, 11) is 0. The van der Waals surface area contributed by atoms with E-state index in [1.807, 2.05) is 79.7 Å². The molecule has 2 atom stereocenters. The molecular formula is C34H33BrN6O4. The number of halogens is 1. The van der Waals surface area contributed by atoms with E-state index >= 15 is 0 Å². The summed E-state index contributed by atoms with van der Waals surface area (Å²) < 4.78 is 13.0. The van der Waals surface area contributed by atoms with Crippen LogP contribution in [0.2, 0.25) is 0 Å². The number of nitrogens with zero attached hydrogens (tertiary/aromatic N) is 4. The Hall–Kier alpha value is -4.67. The molecule has 3 N–H and O–H groups in total. The monoisotopic (exact) mass is 668 g/mol. The molecule has 0 unspecified atom stereocenters. The van der Waals surface area contributed by atoms with Crippen LogP contribution in [0.4, 0.5) is 5.69 Å². The zero-order chi connectivity index (χ0) is 31.6. The number of amides is 1. The molecular weight excluding hydrogens is 636 g/mol. The molecule has 0 saturated carbocycles. The molecule has 0 aromatic heterocycles. The number of hydrazine groups is 1. The number of ether oxygens (including phenoxy) is 2. The van der Waals surface area contributed by atoms with Crippen LogP contribution in [0.3, 0.4) is 0 Å². The maximum atomic E-state index is 14.5. The Balaban J connectivity index is 1.57. The first-order valence-electron chi connectivity index (χ1n) is 14.5. The highest BCUT2D eigenvalue weighted by molar-refractivity contribution is 9.10. The Morgan fingerprint density at radius 1 is 1.09 bits per heavy atom. The molecule has 1 aliphatic rings. The van der Waals surface area contributed by atoms with Crippen molar-refractivity contribution in [3.05, 3.63) is 140 Å². The summed E-state index contributed by atoms with van der Waals surface area (Å²) >= 11 is 3.66. The van der Waals surface area contributed by atoms with Gasteiger partial charge in [0.25, 0.3) is 5.91 Å². The van der Waals surface area contributed by atoms with Crippen molar-refractivity contribution in [2.75, 3.05) is 13.2 Å². The maximum Gasteiger partial charge on any atom is 0.266 e. The predicted molar refractivity (Wildman–Crippen MR) is 176 cm³/mol. The second kappa shape index (κ2) is 14.9. The molecule has 1 aliphatic heterocycles. The quantitative estimate of drug-likeness (QED) is 0.0473. The standard InChI is InChI=1S/C34H33BrN6O4/c1-23-8-6-9-24(20-23)22-37-40-33(43)34(21-26-10-2-5-13-30(26)39-41-36)31(28-11-3-4-12-29(28)35)45-32(38-34)25-14-16-27(17-15-25)44-19-7-18-42/h2-6,8-17,20,31,37,42H,7,18-19,21-22H2,1H3,(H,40,43)/t31-,34-/m0/s1. The van der Waals surface area contributed by atoms with E-state index in [2.05, 4.69) is 36.8 Å². The highest BCUT2D eigenvalue weighted by Gasteiger charge is 2.54. The molecule has 0 radical (unpaired) electrons. The summed E-state index contributed by atoms with van der Waals surface area (Å²) in [6, 6.07) is 29.9. The number of aliphatic imine (C=N–C) groups is 1. The average molecular weight is 670 g/mol. The Morgan fingerprint density at radius 2 is 1.87 bits per heavy atom. The Morgan fingerprint density at radius 3 is 2.62 bits per heavy atom. The van der Waals surface area contributed by atoms with Gasteiger partial charge in [-0.25, -0.2) is 10.4 Å². The van der Waals surface area contributed by atoms with Crippen LogP contribution in [-0.4, -0.2) is 35.7 Å². The topological polar surface area (TPSA) is 141 Å². The summed E-state index contributed by atoms with van der Waals surface area (Å²) in [5.41, 5.74) is 18.3. The lowest BCUT2D eigenvalue weighted by Crippen LogP contribution is -2.53. The zero-order valence-corrected chi connectivity index (χ0v) is 26.3. The van der Waals surface area contributed by atoms with Crippen molar-refractivity contribution in [1.82, 2.24) is 10.9 Å². The molecule has 0 saturated heterocycles. The van der Waals surface area contributed by atoms with Gasteiger partial charge in [0, 0.05) is 52.2 Å². The van der Waals surface area contributed by atoms with Gasteiger partial charge in [-0.2, -0.15) is 0 Å². The van der Waals surface area contributed by atoms with E-state index in [1.165, 1.54) is 0 Å². The molecule has 1 amide bonds. The zero-order valence-electron chi connectivity index (χ0n) is 24.7. The van der Waals surface area contributed by atoms with Gasteiger partial charge in [-0.3, -0.25) is 10.2 Å². The summed E-state index contributed by atoms with van der Waals surface area (Å²) in [4.78, 5) is 22.5. The van der Waals surface area contributed by atoms with Crippen molar-refractivity contribution >= 4 is 33.4 Å². The van der Waals surface area contributed by atoms with Gasteiger partial charge in [-0.05, 0) is 53.9 Å². The average Bonchev–Trinajstić information content (AvgIpc) is 3.43. The fourth-order valence-electron chi connectivity index (χ4n) is 5.20. The van der Waals surface area contributed by atoms with Gasteiger partial charge >= 0.3 is 0 Å². The largest absolute Gasteiger partial charge is 0.494 e. The van der Waals surface area contributed by atoms with Crippen LogP contribution < -0.4 is 15.6 Å². The van der Waals surface area contributed by atoms with Gasteiger partial charge in [-0.1, -0.05) is 93.3 Å². The molecule has 1 heterocycles. The first kappa shape index (κ1) is 31.7. The van der Waals surface area contributed by atoms with Crippen molar-refractivity contribution in [1.29, 1.82) is 0 Å². The van der Waals surface area contributed by atoms with Crippen molar-refractivity contribution in [3.8, 4) is 5.75 Å². The summed E-state index contributed by atoms with van der Waals surface area (Å²) in [6.07, 6.45) is -0.237. The molecule has 0 fully saturated rings. The number of aliphatic hydroxyl groups is 1. The second-order valence-corrected chi connectivity index (χ2v) is 11.5. The van der Waals surface area contributed by atoms with Crippen molar-refractivity contribution in [2.24, 2.45) is 10.1 Å². The molecule has 0 aliphatic carbocycles. The van der Waals surface area contributed by atoms with E-state index in [0.29, 0.717) is 42.1 Å². The van der Waals surface area contributed by atoms with Gasteiger partial charge in [-0.15, -0.1) is 0 Å². The highest BCUT2D eigenvalue weighted by atomic mass is 79.9. The molecule has 10 nitrogen and oxygen atoms in total. The van der Waals surface area contributed by atoms with Crippen LogP contribution in [-0.2, 0) is 22.5 Å². The minimum atomic E-state index is -1.50. The van der Waals surface area contributed by atoms with Crippen LogP contribution in [0.1, 0.15) is 40.3 Å². The van der Waals surface area contributed by atoms with E-state index in [4.69, 9.17) is 19.6 Å². The Labute approximate surface area is 269 Å². The molecule has 230 valence electrons. The molecule has 5 rings (SSSR count). The number of carbonyl (C=O) groups is 1. The van der Waals surface area contributed by atoms with E-state index in [1.54, 1.807) is 24.3 Å². The first-order chi connectivity index (χ1) is 21.9. The Bertz CT molecular complexity index is 1720. The SMILES string of the molecule is Cc1cccc(CNNC(=O)[C@@]2(Cc3ccccc3N=[N+]=[N-])N=C(c3ccc(OCCCO)cc3)O[C@H]2c2ccccc2Br)c1. The molecule has 0 spiro atoms. The molecule has 0 bridgehead atoms. The van der Waals surface area contributed by atoms with Crippen LogP contribution in [0.15, 0.2) is 112 Å². The van der Waals surface area contributed by atoms with Gasteiger partial charge in [0.1, 0.15) is 5.75 Å².